The minimum Gasteiger partial charge on any atom is -0.467 e. The number of benzene rings is 1. The molecule has 0 spiro atoms. The molecule has 0 bridgehead atoms. The summed E-state index contributed by atoms with van der Waals surface area (Å²) in [5.41, 5.74) is 1.54. The first-order valence-electron chi connectivity index (χ1n) is 7.74. The van der Waals surface area contributed by atoms with E-state index in [4.69, 9.17) is 4.74 Å². The van der Waals surface area contributed by atoms with Crippen molar-refractivity contribution in [2.24, 2.45) is 5.92 Å². The van der Waals surface area contributed by atoms with Crippen LogP contribution in [0, 0.1) is 12.8 Å². The number of rotatable bonds is 5. The summed E-state index contributed by atoms with van der Waals surface area (Å²) in [5, 5.41) is 0.810. The van der Waals surface area contributed by atoms with Crippen molar-refractivity contribution in [2.45, 2.75) is 26.8 Å². The summed E-state index contributed by atoms with van der Waals surface area (Å²) in [7, 11) is 2.97. The molecule has 6 heteroatoms. The zero-order valence-corrected chi connectivity index (χ0v) is 15.4. The van der Waals surface area contributed by atoms with E-state index in [-0.39, 0.29) is 11.8 Å². The standard InChI is InChI=1S/C18H22N2O3S/c1-11(2)15(18(22)23-5)20(4)17(21)16-14(19-12(3)24-16)13-9-7-6-8-10-13/h6-11,15H,1-5H3. The minimum atomic E-state index is -0.631. The highest BCUT2D eigenvalue weighted by atomic mass is 32.1. The highest BCUT2D eigenvalue weighted by Gasteiger charge is 2.33. The molecule has 0 saturated heterocycles. The fraction of sp³-hybridized carbons (Fsp3) is 0.389. The van der Waals surface area contributed by atoms with E-state index in [9.17, 15) is 9.59 Å². The number of likely N-dealkylation sites (N-methyl/N-ethyl adjacent to an activating group) is 1. The second-order valence-electron chi connectivity index (χ2n) is 5.90. The first-order chi connectivity index (χ1) is 11.4. The Kier molecular flexibility index (Phi) is 5.72. The lowest BCUT2D eigenvalue weighted by Gasteiger charge is -2.28. The van der Waals surface area contributed by atoms with Crippen molar-refractivity contribution in [1.29, 1.82) is 0 Å². The van der Waals surface area contributed by atoms with Crippen LogP contribution >= 0.6 is 11.3 Å². The summed E-state index contributed by atoms with van der Waals surface area (Å²) in [4.78, 5) is 31.6. The van der Waals surface area contributed by atoms with Gasteiger partial charge in [0.1, 0.15) is 10.9 Å². The Bertz CT molecular complexity index is 725. The average Bonchev–Trinajstić information content (AvgIpc) is 2.96. The Morgan fingerprint density at radius 2 is 1.83 bits per heavy atom. The molecular weight excluding hydrogens is 324 g/mol. The Balaban J connectivity index is 2.41. The molecule has 1 heterocycles. The monoisotopic (exact) mass is 346 g/mol. The molecule has 1 aromatic heterocycles. The molecule has 1 aromatic carbocycles. The number of esters is 1. The highest BCUT2D eigenvalue weighted by Crippen LogP contribution is 2.30. The molecule has 2 rings (SSSR count). The minimum absolute atomic E-state index is 0.0550. The van der Waals surface area contributed by atoms with Crippen LogP contribution in [0.4, 0.5) is 0 Å². The lowest BCUT2D eigenvalue weighted by Crippen LogP contribution is -2.46. The molecular formula is C18H22N2O3S. The average molecular weight is 346 g/mol. The summed E-state index contributed by atoms with van der Waals surface area (Å²) >= 11 is 1.34. The molecule has 1 unspecified atom stereocenters. The van der Waals surface area contributed by atoms with Gasteiger partial charge in [0, 0.05) is 12.6 Å². The fourth-order valence-corrected chi connectivity index (χ4v) is 3.57. The van der Waals surface area contributed by atoms with Crippen molar-refractivity contribution in [1.82, 2.24) is 9.88 Å². The van der Waals surface area contributed by atoms with Gasteiger partial charge in [-0.25, -0.2) is 9.78 Å². The van der Waals surface area contributed by atoms with Gasteiger partial charge in [-0.1, -0.05) is 44.2 Å². The first-order valence-corrected chi connectivity index (χ1v) is 8.56. The normalized spacial score (nSPS) is 12.1. The smallest absolute Gasteiger partial charge is 0.328 e. The van der Waals surface area contributed by atoms with Gasteiger partial charge in [-0.2, -0.15) is 0 Å². The quantitative estimate of drug-likeness (QED) is 0.779. The van der Waals surface area contributed by atoms with E-state index in [2.05, 4.69) is 4.98 Å². The Hall–Kier alpha value is -2.21. The van der Waals surface area contributed by atoms with Crippen LogP contribution in [0.15, 0.2) is 30.3 Å². The number of nitrogens with zero attached hydrogens (tertiary/aromatic N) is 2. The summed E-state index contributed by atoms with van der Waals surface area (Å²) in [5.74, 6) is -0.688. The number of carbonyl (C=O) groups excluding carboxylic acids is 2. The van der Waals surface area contributed by atoms with Gasteiger partial charge < -0.3 is 9.64 Å². The fourth-order valence-electron chi connectivity index (χ4n) is 2.65. The zero-order chi connectivity index (χ0) is 17.9. The van der Waals surface area contributed by atoms with E-state index in [1.165, 1.54) is 23.3 Å². The van der Waals surface area contributed by atoms with Gasteiger partial charge in [-0.05, 0) is 12.8 Å². The number of ether oxygens (including phenoxy) is 1. The Morgan fingerprint density at radius 3 is 2.38 bits per heavy atom. The van der Waals surface area contributed by atoms with Crippen LogP contribution in [-0.4, -0.2) is 42.0 Å². The van der Waals surface area contributed by atoms with Crippen molar-refractivity contribution in [3.05, 3.63) is 40.2 Å². The molecule has 5 nitrogen and oxygen atoms in total. The summed E-state index contributed by atoms with van der Waals surface area (Å²) in [6.45, 7) is 5.65. The van der Waals surface area contributed by atoms with Gasteiger partial charge in [-0.15, -0.1) is 11.3 Å². The van der Waals surface area contributed by atoms with E-state index < -0.39 is 12.0 Å². The number of thiazole rings is 1. The summed E-state index contributed by atoms with van der Waals surface area (Å²) < 4.78 is 4.86. The largest absolute Gasteiger partial charge is 0.467 e. The number of hydrogen-bond acceptors (Lipinski definition) is 5. The number of carbonyl (C=O) groups is 2. The number of methoxy groups -OCH3 is 1. The maximum Gasteiger partial charge on any atom is 0.328 e. The molecule has 0 N–H and O–H groups in total. The molecule has 0 aliphatic heterocycles. The van der Waals surface area contributed by atoms with Crippen LogP contribution in [0.25, 0.3) is 11.3 Å². The molecule has 2 aromatic rings. The molecule has 0 aliphatic rings. The number of aryl methyl sites for hydroxylation is 1. The van der Waals surface area contributed by atoms with Gasteiger partial charge in [0.25, 0.3) is 5.91 Å². The topological polar surface area (TPSA) is 59.5 Å². The second kappa shape index (κ2) is 7.57. The third-order valence-corrected chi connectivity index (χ3v) is 4.75. The van der Waals surface area contributed by atoms with E-state index in [1.807, 2.05) is 51.1 Å². The maximum atomic E-state index is 13.0. The van der Waals surface area contributed by atoms with Crippen LogP contribution in [-0.2, 0) is 9.53 Å². The van der Waals surface area contributed by atoms with Crippen molar-refractivity contribution in [3.63, 3.8) is 0 Å². The van der Waals surface area contributed by atoms with Crippen LogP contribution < -0.4 is 0 Å². The predicted octanol–water partition coefficient (Wildman–Crippen LogP) is 3.39. The first kappa shape index (κ1) is 18.1. The van der Waals surface area contributed by atoms with E-state index in [1.54, 1.807) is 7.05 Å². The Morgan fingerprint density at radius 1 is 1.21 bits per heavy atom. The van der Waals surface area contributed by atoms with E-state index in [0.29, 0.717) is 10.6 Å². The van der Waals surface area contributed by atoms with Gasteiger partial charge in [0.2, 0.25) is 0 Å². The molecule has 0 saturated carbocycles. The number of hydrogen-bond donors (Lipinski definition) is 0. The van der Waals surface area contributed by atoms with Crippen LogP contribution in [0.2, 0.25) is 0 Å². The van der Waals surface area contributed by atoms with Gasteiger partial charge in [-0.3, -0.25) is 4.79 Å². The van der Waals surface area contributed by atoms with E-state index in [0.717, 1.165) is 10.6 Å². The lowest BCUT2D eigenvalue weighted by atomic mass is 10.0. The summed E-state index contributed by atoms with van der Waals surface area (Å²) in [6.07, 6.45) is 0. The zero-order valence-electron chi connectivity index (χ0n) is 14.6. The van der Waals surface area contributed by atoms with Gasteiger partial charge in [0.05, 0.1) is 17.8 Å². The van der Waals surface area contributed by atoms with Crippen LogP contribution in [0.1, 0.15) is 28.5 Å². The van der Waals surface area contributed by atoms with Gasteiger partial charge >= 0.3 is 5.97 Å². The third kappa shape index (κ3) is 3.64. The molecule has 128 valence electrons. The Labute approximate surface area is 146 Å². The van der Waals surface area contributed by atoms with E-state index >= 15 is 0 Å². The molecule has 24 heavy (non-hydrogen) atoms. The molecule has 0 aliphatic carbocycles. The van der Waals surface area contributed by atoms with Gasteiger partial charge in [0.15, 0.2) is 0 Å². The van der Waals surface area contributed by atoms with Crippen LogP contribution in [0.5, 0.6) is 0 Å². The van der Waals surface area contributed by atoms with Crippen molar-refractivity contribution in [2.75, 3.05) is 14.2 Å². The summed E-state index contributed by atoms with van der Waals surface area (Å²) in [6, 6.07) is 8.95. The molecule has 1 amide bonds. The number of amides is 1. The van der Waals surface area contributed by atoms with Crippen molar-refractivity contribution < 1.29 is 14.3 Å². The number of aromatic nitrogens is 1. The molecule has 0 radical (unpaired) electrons. The SMILES string of the molecule is COC(=O)C(C(C)C)N(C)C(=O)c1sc(C)nc1-c1ccccc1. The second-order valence-corrected chi connectivity index (χ2v) is 7.11. The highest BCUT2D eigenvalue weighted by molar-refractivity contribution is 7.14. The third-order valence-electron chi connectivity index (χ3n) is 3.79. The van der Waals surface area contributed by atoms with Crippen molar-refractivity contribution >= 4 is 23.2 Å². The lowest BCUT2D eigenvalue weighted by molar-refractivity contribution is -0.147. The maximum absolute atomic E-state index is 13.0. The predicted molar refractivity (Wildman–Crippen MR) is 95.0 cm³/mol. The van der Waals surface area contributed by atoms with Crippen molar-refractivity contribution in [3.8, 4) is 11.3 Å². The molecule has 0 fully saturated rings. The molecule has 1 atom stereocenters. The van der Waals surface area contributed by atoms with Crippen LogP contribution in [0.3, 0.4) is 0 Å².